The number of imidazole rings is 2. The number of fused-ring (bicyclic) bond motifs is 6. The van der Waals surface area contributed by atoms with E-state index >= 15 is 0 Å². The molecule has 1 fully saturated rings. The fourth-order valence-electron chi connectivity index (χ4n) is 4.91. The van der Waals surface area contributed by atoms with Gasteiger partial charge in [0.25, 0.3) is 5.56 Å². The van der Waals surface area contributed by atoms with Crippen LogP contribution in [0.3, 0.4) is 0 Å². The molecule has 19 nitrogen and oxygen atoms in total. The van der Waals surface area contributed by atoms with Crippen molar-refractivity contribution in [2.45, 2.75) is 44.3 Å². The number of methoxy groups -OCH3 is 2. The lowest BCUT2D eigenvalue weighted by Crippen LogP contribution is -2.37. The molecule has 23 heteroatoms. The van der Waals surface area contributed by atoms with Crippen LogP contribution < -0.4 is 11.3 Å². The average molecular weight is 692 g/mol. The molecule has 4 aromatic heterocycles. The highest BCUT2D eigenvalue weighted by atomic mass is 32.7. The van der Waals surface area contributed by atoms with Crippen LogP contribution in [0, 0.1) is 0 Å². The zero-order chi connectivity index (χ0) is 31.2. The Morgan fingerprint density at radius 3 is 2.82 bits per heavy atom. The minimum absolute atomic E-state index is 0.0300. The molecule has 0 radical (unpaired) electrons. The van der Waals surface area contributed by atoms with Crippen molar-refractivity contribution in [3.8, 4) is 0 Å². The molecule has 6 atom stereocenters. The van der Waals surface area contributed by atoms with Gasteiger partial charge in [-0.15, -0.1) is 0 Å². The van der Waals surface area contributed by atoms with Crippen LogP contribution in [-0.4, -0.2) is 89.7 Å². The van der Waals surface area contributed by atoms with Crippen LogP contribution in [0.4, 0.5) is 5.95 Å². The summed E-state index contributed by atoms with van der Waals surface area (Å²) in [5, 5.41) is 0. The van der Waals surface area contributed by atoms with Gasteiger partial charge >= 0.3 is 13.5 Å². The van der Waals surface area contributed by atoms with Gasteiger partial charge in [0.15, 0.2) is 28.9 Å². The molecular weight excluding hydrogens is 664 g/mol. The molecular formula is C21H27N9O10P2S2. The van der Waals surface area contributed by atoms with Crippen LogP contribution in [0.1, 0.15) is 17.9 Å². The molecule has 0 aromatic carbocycles. The molecule has 6 heterocycles. The number of aromatic nitrogens is 8. The van der Waals surface area contributed by atoms with E-state index in [1.54, 1.807) is 4.57 Å². The minimum Gasteiger partial charge on any atom is -0.377 e. The maximum Gasteiger partial charge on any atom is 0.387 e. The van der Waals surface area contributed by atoms with Gasteiger partial charge in [-0.25, -0.2) is 24.5 Å². The normalized spacial score (nSPS) is 30.3. The van der Waals surface area contributed by atoms with E-state index in [0.717, 1.165) is 0 Å². The van der Waals surface area contributed by atoms with E-state index in [0.29, 0.717) is 17.0 Å². The Labute approximate surface area is 258 Å². The first-order chi connectivity index (χ1) is 21.0. The minimum atomic E-state index is -4.19. The van der Waals surface area contributed by atoms with E-state index in [-0.39, 0.29) is 55.9 Å². The molecule has 4 N–H and O–H groups in total. The highest BCUT2D eigenvalue weighted by molar-refractivity contribution is 8.44. The van der Waals surface area contributed by atoms with E-state index in [1.165, 1.54) is 31.3 Å². The average Bonchev–Trinajstić information content (AvgIpc) is 3.63. The molecule has 6 rings (SSSR count). The maximum absolute atomic E-state index is 13.7. The Bertz CT molecular complexity index is 1850. The second-order valence-electron chi connectivity index (χ2n) is 9.56. The Balaban J connectivity index is 1.39. The zero-order valence-electron chi connectivity index (χ0n) is 23.1. The summed E-state index contributed by atoms with van der Waals surface area (Å²) in [4.78, 5) is 47.1. The Morgan fingerprint density at radius 1 is 1.23 bits per heavy atom. The monoisotopic (exact) mass is 691 g/mol. The molecule has 2 unspecified atom stereocenters. The van der Waals surface area contributed by atoms with Crippen molar-refractivity contribution in [3.63, 3.8) is 0 Å². The molecule has 0 amide bonds. The second-order valence-corrected chi connectivity index (χ2v) is 15.3. The number of nitrogens with zero attached hydrogens (tertiary/aromatic N) is 7. The summed E-state index contributed by atoms with van der Waals surface area (Å²) in [6.45, 7) is -8.46. The van der Waals surface area contributed by atoms with E-state index in [4.69, 9.17) is 49.8 Å². The number of H-pyrrole nitrogens is 1. The number of nitrogens with one attached hydrogen (secondary N) is 1. The van der Waals surface area contributed by atoms with Gasteiger partial charge in [0.2, 0.25) is 5.95 Å². The molecule has 0 aliphatic carbocycles. The van der Waals surface area contributed by atoms with E-state index in [9.17, 15) is 14.3 Å². The molecule has 0 spiro atoms. The van der Waals surface area contributed by atoms with Gasteiger partial charge in [0.05, 0.1) is 25.7 Å². The van der Waals surface area contributed by atoms with Gasteiger partial charge in [-0.05, 0) is 11.8 Å². The third-order valence-corrected chi connectivity index (χ3v) is 9.97. The summed E-state index contributed by atoms with van der Waals surface area (Å²) in [7, 11) is 2.89. The van der Waals surface area contributed by atoms with E-state index < -0.39 is 43.6 Å². The predicted octanol–water partition coefficient (Wildman–Crippen LogP) is 0.804. The molecule has 2 bridgehead atoms. The topological polar surface area (TPSA) is 235 Å². The summed E-state index contributed by atoms with van der Waals surface area (Å²) < 4.78 is 56.5. The van der Waals surface area contributed by atoms with E-state index in [1.807, 2.05) is 0 Å². The van der Waals surface area contributed by atoms with Crippen molar-refractivity contribution in [3.05, 3.63) is 34.5 Å². The fraction of sp³-hybridized carbons (Fsp3) is 0.524. The van der Waals surface area contributed by atoms with E-state index in [2.05, 4.69) is 42.2 Å². The quantitative estimate of drug-likeness (QED) is 0.171. The summed E-state index contributed by atoms with van der Waals surface area (Å²) in [5.41, 5.74) is 6.05. The molecule has 4 aromatic rings. The Kier molecular flexibility index (Phi) is 8.92. The number of anilines is 1. The highest BCUT2D eigenvalue weighted by Crippen LogP contribution is 2.57. The lowest BCUT2D eigenvalue weighted by atomic mass is 10.1. The van der Waals surface area contributed by atoms with Gasteiger partial charge in [0.1, 0.15) is 42.9 Å². The first-order valence-corrected chi connectivity index (χ1v) is 18.2. The number of ether oxygens (including phenoxy) is 3. The Hall–Kier alpha value is -2.39. The van der Waals surface area contributed by atoms with Crippen LogP contribution >= 0.6 is 25.8 Å². The number of aromatic amines is 1. The SMILES string of the molecule is COCc1ncc2nc3n(c2n1)CCOP(O)(=S)OC[C@H]1O[C@@H](n2cnc4c(=O)[nH]c(N)nc42)[C@H](OP(=O)(S)OC3)[C@@H]1OC. The van der Waals surface area contributed by atoms with Crippen LogP contribution in [-0.2, 0) is 68.4 Å². The summed E-state index contributed by atoms with van der Waals surface area (Å²) in [5.74, 6) is 0.519. The Morgan fingerprint density at radius 2 is 2.05 bits per heavy atom. The summed E-state index contributed by atoms with van der Waals surface area (Å²) >= 11 is 9.46. The van der Waals surface area contributed by atoms with Crippen molar-refractivity contribution >= 4 is 65.8 Å². The van der Waals surface area contributed by atoms with Gasteiger partial charge < -0.3 is 38.5 Å². The lowest BCUT2D eigenvalue weighted by Gasteiger charge is -2.26. The molecule has 238 valence electrons. The van der Waals surface area contributed by atoms with Gasteiger partial charge in [-0.3, -0.25) is 23.4 Å². The summed E-state index contributed by atoms with van der Waals surface area (Å²) in [6, 6.07) is 0. The van der Waals surface area contributed by atoms with Crippen molar-refractivity contribution < 1.29 is 41.8 Å². The number of nitrogen functional groups attached to an aromatic ring is 1. The van der Waals surface area contributed by atoms with Gasteiger partial charge in [0, 0.05) is 20.8 Å². The second kappa shape index (κ2) is 12.4. The number of hydrogen-bond acceptors (Lipinski definition) is 16. The number of rotatable bonds is 4. The first-order valence-electron chi connectivity index (χ1n) is 12.9. The van der Waals surface area contributed by atoms with Gasteiger partial charge in [-0.2, -0.15) is 4.98 Å². The molecule has 0 saturated carbocycles. The highest BCUT2D eigenvalue weighted by Gasteiger charge is 2.50. The van der Waals surface area contributed by atoms with Gasteiger partial charge in [-0.1, -0.05) is 12.2 Å². The molecule has 2 aliphatic heterocycles. The van der Waals surface area contributed by atoms with Crippen LogP contribution in [0.25, 0.3) is 22.3 Å². The maximum atomic E-state index is 13.7. The standard InChI is InChI=1S/C21H27N9O10P2S2/c1-34-7-12-23-5-10-17(26-12)29-3-4-36-41(32,43)37-6-11-15(35-2)16(40-42(33,44)38-8-13(29)25-10)20(39-11)30-9-24-14-18(30)27-21(22)28-19(14)31/h5,9,11,15-16,20H,3-4,6-8H2,1-2H3,(H,32,43)(H,33,44)(H3,22,27,28,31)/t11-,15-,16-,20-,41?,42?/m1/s1. The van der Waals surface area contributed by atoms with Crippen molar-refractivity contribution in [1.82, 2.24) is 39.0 Å². The molecule has 1 saturated heterocycles. The number of nitrogens with two attached hydrogens (primary N) is 1. The zero-order valence-corrected chi connectivity index (χ0v) is 26.6. The summed E-state index contributed by atoms with van der Waals surface area (Å²) in [6.07, 6.45) is -1.47. The largest absolute Gasteiger partial charge is 0.387 e. The van der Waals surface area contributed by atoms with Crippen LogP contribution in [0.2, 0.25) is 0 Å². The fourth-order valence-corrected chi connectivity index (χ4v) is 7.41. The van der Waals surface area contributed by atoms with Crippen molar-refractivity contribution in [2.24, 2.45) is 0 Å². The van der Waals surface area contributed by atoms with Crippen molar-refractivity contribution in [1.29, 1.82) is 0 Å². The lowest BCUT2D eigenvalue weighted by molar-refractivity contribution is -0.0509. The van der Waals surface area contributed by atoms with Crippen LogP contribution in [0.5, 0.6) is 0 Å². The smallest absolute Gasteiger partial charge is 0.377 e. The molecule has 2 aliphatic rings. The number of thiol groups is 1. The predicted molar refractivity (Wildman–Crippen MR) is 158 cm³/mol. The van der Waals surface area contributed by atoms with Crippen LogP contribution in [0.15, 0.2) is 17.3 Å². The molecule has 44 heavy (non-hydrogen) atoms. The first kappa shape index (κ1) is 31.6. The number of hydrogen-bond donors (Lipinski definition) is 4. The third-order valence-electron chi connectivity index (χ3n) is 6.76. The third kappa shape index (κ3) is 6.33. The van der Waals surface area contributed by atoms with Crippen molar-refractivity contribution in [2.75, 3.05) is 33.2 Å².